The highest BCUT2D eigenvalue weighted by Crippen LogP contribution is 2.39. The molecule has 0 aromatic carbocycles. The third-order valence-corrected chi connectivity index (χ3v) is 7.80. The zero-order chi connectivity index (χ0) is 26.0. The Kier molecular flexibility index (Phi) is 7.77. The van der Waals surface area contributed by atoms with Gasteiger partial charge in [0.2, 0.25) is 5.95 Å². The van der Waals surface area contributed by atoms with Crippen LogP contribution in [0.5, 0.6) is 0 Å². The van der Waals surface area contributed by atoms with Crippen molar-refractivity contribution in [3.63, 3.8) is 0 Å². The summed E-state index contributed by atoms with van der Waals surface area (Å²) in [5, 5.41) is 8.83. The lowest BCUT2D eigenvalue weighted by molar-refractivity contribution is -0.137. The normalized spacial score (nSPS) is 16.9. The van der Waals surface area contributed by atoms with E-state index in [-0.39, 0.29) is 29.5 Å². The van der Waals surface area contributed by atoms with Gasteiger partial charge in [-0.3, -0.25) is 0 Å². The Morgan fingerprint density at radius 3 is 2.60 bits per heavy atom. The lowest BCUT2D eigenvalue weighted by atomic mass is 10.1. The van der Waals surface area contributed by atoms with Gasteiger partial charge in [0.05, 0.1) is 22.5 Å². The first-order valence-corrected chi connectivity index (χ1v) is 12.4. The van der Waals surface area contributed by atoms with Gasteiger partial charge in [-0.1, -0.05) is 0 Å². The van der Waals surface area contributed by atoms with Gasteiger partial charge in [0.1, 0.15) is 17.8 Å². The average molecular weight is 534 g/mol. The minimum Gasteiger partial charge on any atom is -0.368 e. The van der Waals surface area contributed by atoms with E-state index in [1.165, 1.54) is 22.9 Å². The minimum absolute atomic E-state index is 0. The third kappa shape index (κ3) is 6.13. The zero-order valence-corrected chi connectivity index (χ0v) is 20.3. The van der Waals surface area contributed by atoms with Crippen molar-refractivity contribution in [3.8, 4) is 16.6 Å². The van der Waals surface area contributed by atoms with E-state index in [2.05, 4.69) is 15.0 Å². The monoisotopic (exact) mass is 533 g/mol. The molecule has 1 atom stereocenters. The van der Waals surface area contributed by atoms with Gasteiger partial charge in [-0.05, 0) is 25.8 Å². The maximum absolute atomic E-state index is 13.2. The third-order valence-electron chi connectivity index (χ3n) is 5.00. The molecule has 1 aliphatic heterocycles. The molecule has 1 saturated heterocycles. The van der Waals surface area contributed by atoms with Crippen LogP contribution in [0.3, 0.4) is 0 Å². The van der Waals surface area contributed by atoms with Crippen molar-refractivity contribution < 1.29 is 27.4 Å². The van der Waals surface area contributed by atoms with Crippen molar-refractivity contribution in [1.29, 1.82) is 5.26 Å². The number of nitrogens with zero attached hydrogens (tertiary/aromatic N) is 6. The molecule has 0 unspecified atom stereocenters. The van der Waals surface area contributed by atoms with Crippen molar-refractivity contribution in [2.24, 2.45) is 7.05 Å². The molecule has 35 heavy (non-hydrogen) atoms. The van der Waals surface area contributed by atoms with Crippen molar-refractivity contribution in [2.75, 3.05) is 18.8 Å². The molecule has 0 bridgehead atoms. The molecule has 4 heterocycles. The molecule has 1 aliphatic rings. The second-order valence-corrected chi connectivity index (χ2v) is 10.8. The standard InChI is InChI=1S/C11H7F3N4S.C9H14FN3O2S.H2/c1-5-6(3-15)2-8(19-5)9-7(11(12,13)14)4-17-10(16)18-9;1-12-6-9(11-7-12)16(14,15)13-4-2-3-8(10)5-13;/h2,4H,1H3,(H2,16,17,18);6-8H,2-5H2,1H3;1H/t;8-;/m.0./s1. The summed E-state index contributed by atoms with van der Waals surface area (Å²) in [6.45, 7) is 1.97. The van der Waals surface area contributed by atoms with Gasteiger partial charge in [0, 0.05) is 38.8 Å². The molecular weight excluding hydrogens is 510 g/mol. The van der Waals surface area contributed by atoms with Crippen LogP contribution in [0.15, 0.2) is 29.8 Å². The molecule has 2 N–H and O–H groups in total. The number of sulfonamides is 1. The number of halogens is 4. The molecule has 4 rings (SSSR count). The van der Waals surface area contributed by atoms with Gasteiger partial charge in [-0.25, -0.2) is 27.8 Å². The molecule has 0 amide bonds. The number of imidazole rings is 1. The fraction of sp³-hybridized carbons (Fsp3) is 0.400. The Bertz CT molecular complexity index is 1350. The van der Waals surface area contributed by atoms with E-state index in [1.54, 1.807) is 18.5 Å². The van der Waals surface area contributed by atoms with Gasteiger partial charge < -0.3 is 10.3 Å². The number of piperidine rings is 1. The van der Waals surface area contributed by atoms with Crippen LogP contribution in [-0.2, 0) is 23.2 Å². The lowest BCUT2D eigenvalue weighted by Crippen LogP contribution is -2.40. The molecular formula is C20H23F4N7O2S2. The first kappa shape index (κ1) is 26.5. The summed E-state index contributed by atoms with van der Waals surface area (Å²) in [6.07, 6.45) is -1.14. The van der Waals surface area contributed by atoms with Crippen LogP contribution in [0, 0.1) is 18.3 Å². The zero-order valence-electron chi connectivity index (χ0n) is 18.6. The number of aryl methyl sites for hydroxylation is 2. The number of nitriles is 1. The van der Waals surface area contributed by atoms with Gasteiger partial charge in [-0.15, -0.1) is 11.3 Å². The summed E-state index contributed by atoms with van der Waals surface area (Å²) in [6, 6.07) is 3.28. The van der Waals surface area contributed by atoms with E-state index in [4.69, 9.17) is 11.0 Å². The van der Waals surface area contributed by atoms with E-state index in [0.717, 1.165) is 11.3 Å². The number of nitrogens with two attached hydrogens (primary N) is 1. The number of nitrogen functional groups attached to an aromatic ring is 1. The number of alkyl halides is 4. The van der Waals surface area contributed by atoms with Crippen molar-refractivity contribution in [3.05, 3.63) is 40.8 Å². The highest BCUT2D eigenvalue weighted by Gasteiger charge is 2.36. The summed E-state index contributed by atoms with van der Waals surface area (Å²) in [5.74, 6) is -0.243. The molecule has 0 spiro atoms. The van der Waals surface area contributed by atoms with E-state index in [0.29, 0.717) is 36.0 Å². The van der Waals surface area contributed by atoms with Crippen LogP contribution in [0.4, 0.5) is 23.5 Å². The Labute approximate surface area is 204 Å². The smallest absolute Gasteiger partial charge is 0.368 e. The summed E-state index contributed by atoms with van der Waals surface area (Å²) < 4.78 is 78.6. The number of aromatic nitrogens is 4. The number of anilines is 1. The van der Waals surface area contributed by atoms with Crippen LogP contribution >= 0.6 is 11.3 Å². The van der Waals surface area contributed by atoms with Crippen molar-refractivity contribution >= 4 is 27.3 Å². The molecule has 3 aromatic heterocycles. The van der Waals surface area contributed by atoms with Crippen molar-refractivity contribution in [1.82, 2.24) is 23.8 Å². The van der Waals surface area contributed by atoms with E-state index < -0.39 is 27.9 Å². The van der Waals surface area contributed by atoms with Crippen LogP contribution < -0.4 is 5.73 Å². The van der Waals surface area contributed by atoms with E-state index >= 15 is 0 Å². The quantitative estimate of drug-likeness (QED) is 0.507. The number of thiophene rings is 1. The fourth-order valence-electron chi connectivity index (χ4n) is 3.27. The van der Waals surface area contributed by atoms with E-state index in [1.807, 2.05) is 6.07 Å². The van der Waals surface area contributed by atoms with Gasteiger partial charge in [0.25, 0.3) is 10.0 Å². The molecule has 0 saturated carbocycles. The largest absolute Gasteiger partial charge is 0.420 e. The molecule has 3 aromatic rings. The predicted molar refractivity (Wildman–Crippen MR) is 122 cm³/mol. The Hall–Kier alpha value is -3.09. The topological polar surface area (TPSA) is 131 Å². The highest BCUT2D eigenvalue weighted by atomic mass is 32.2. The summed E-state index contributed by atoms with van der Waals surface area (Å²) in [5.41, 5.74) is 4.40. The predicted octanol–water partition coefficient (Wildman–Crippen LogP) is 3.77. The highest BCUT2D eigenvalue weighted by molar-refractivity contribution is 7.89. The molecule has 1 fully saturated rings. The lowest BCUT2D eigenvalue weighted by Gasteiger charge is -2.27. The first-order valence-electron chi connectivity index (χ1n) is 10.2. The van der Waals surface area contributed by atoms with Crippen LogP contribution in [0.1, 0.15) is 30.3 Å². The van der Waals surface area contributed by atoms with Crippen LogP contribution in [0.2, 0.25) is 0 Å². The number of rotatable bonds is 3. The van der Waals surface area contributed by atoms with Crippen LogP contribution in [-0.4, -0.2) is 51.5 Å². The Morgan fingerprint density at radius 1 is 1.34 bits per heavy atom. The fourth-order valence-corrected chi connectivity index (χ4v) is 5.71. The molecule has 0 aliphatic carbocycles. The second-order valence-electron chi connectivity index (χ2n) is 7.66. The molecule has 0 radical (unpaired) electrons. The maximum Gasteiger partial charge on any atom is 0.420 e. The van der Waals surface area contributed by atoms with Gasteiger partial charge >= 0.3 is 6.18 Å². The molecule has 190 valence electrons. The maximum atomic E-state index is 13.2. The summed E-state index contributed by atoms with van der Waals surface area (Å²) >= 11 is 1.06. The first-order chi connectivity index (χ1) is 16.3. The Morgan fingerprint density at radius 2 is 2.06 bits per heavy atom. The summed E-state index contributed by atoms with van der Waals surface area (Å²) in [4.78, 5) is 11.7. The molecule has 9 nitrogen and oxygen atoms in total. The SMILES string of the molecule is Cc1sc(-c2nc(N)ncc2C(F)(F)F)cc1C#N.Cn1cnc(S(=O)(=O)N2CCC[C@H](F)C2)c1.[HH]. The Balaban J connectivity index is 0.000000250. The summed E-state index contributed by atoms with van der Waals surface area (Å²) in [7, 11) is -1.92. The minimum atomic E-state index is -4.58. The van der Waals surface area contributed by atoms with Crippen molar-refractivity contribution in [2.45, 2.75) is 37.1 Å². The van der Waals surface area contributed by atoms with Gasteiger partial charge in [-0.2, -0.15) is 22.7 Å². The second kappa shape index (κ2) is 10.3. The van der Waals surface area contributed by atoms with Gasteiger partial charge in [0.15, 0.2) is 5.03 Å². The number of hydrogen-bond donors (Lipinski definition) is 1. The van der Waals surface area contributed by atoms with E-state index in [9.17, 15) is 26.0 Å². The van der Waals surface area contributed by atoms with Crippen LogP contribution in [0.25, 0.3) is 10.6 Å². The average Bonchev–Trinajstić information content (AvgIpc) is 3.39. The number of hydrogen-bond acceptors (Lipinski definition) is 8. The molecule has 15 heteroatoms.